The standard InChI is InChI=1S/C23H20FN3O4/c1-31-18-4-2-3-15(11-18)20-19(21(28)14-5-7-16(24)8-6-14)22(29)23(30)27(20)10-9-17-12-25-13-26-17/h2-8,11-13,20,28H,9-10H2,1H3,(H,25,26)/b21-19+. The zero-order valence-corrected chi connectivity index (χ0v) is 16.7. The summed E-state index contributed by atoms with van der Waals surface area (Å²) in [5.74, 6) is -1.77. The van der Waals surface area contributed by atoms with E-state index in [2.05, 4.69) is 9.97 Å². The van der Waals surface area contributed by atoms with Crippen LogP contribution < -0.4 is 4.74 Å². The van der Waals surface area contributed by atoms with Gasteiger partial charge in [-0.05, 0) is 42.0 Å². The molecule has 0 aliphatic carbocycles. The molecular weight excluding hydrogens is 401 g/mol. The van der Waals surface area contributed by atoms with E-state index in [1.165, 1.54) is 42.6 Å². The van der Waals surface area contributed by atoms with Crippen LogP contribution in [-0.2, 0) is 16.0 Å². The second-order valence-corrected chi connectivity index (χ2v) is 7.10. The van der Waals surface area contributed by atoms with Gasteiger partial charge in [0.05, 0.1) is 25.1 Å². The third kappa shape index (κ3) is 3.92. The van der Waals surface area contributed by atoms with E-state index < -0.39 is 23.5 Å². The largest absolute Gasteiger partial charge is 0.507 e. The van der Waals surface area contributed by atoms with Gasteiger partial charge in [-0.25, -0.2) is 9.37 Å². The van der Waals surface area contributed by atoms with Crippen LogP contribution in [0.15, 0.2) is 66.6 Å². The van der Waals surface area contributed by atoms with Gasteiger partial charge in [0.25, 0.3) is 11.7 Å². The minimum absolute atomic E-state index is 0.0468. The molecule has 4 rings (SSSR count). The molecule has 1 aliphatic rings. The molecule has 0 bridgehead atoms. The first-order valence-electron chi connectivity index (χ1n) is 9.65. The van der Waals surface area contributed by atoms with E-state index in [0.29, 0.717) is 17.7 Å². The van der Waals surface area contributed by atoms with Crippen LogP contribution in [0.2, 0.25) is 0 Å². The molecule has 1 aromatic heterocycles. The van der Waals surface area contributed by atoms with Crippen molar-refractivity contribution in [1.82, 2.24) is 14.9 Å². The number of aromatic amines is 1. The SMILES string of the molecule is COc1cccc(C2/C(=C(\O)c3ccc(F)cc3)C(=O)C(=O)N2CCc2cnc[nH]2)c1. The number of carbonyl (C=O) groups is 2. The molecule has 1 unspecified atom stereocenters. The number of ether oxygens (including phenoxy) is 1. The monoisotopic (exact) mass is 421 g/mol. The molecule has 2 aromatic carbocycles. The molecule has 31 heavy (non-hydrogen) atoms. The maximum Gasteiger partial charge on any atom is 0.295 e. The Balaban J connectivity index is 1.81. The number of aliphatic hydroxyl groups is 1. The van der Waals surface area contributed by atoms with Crippen LogP contribution in [-0.4, -0.2) is 45.3 Å². The molecule has 1 amide bonds. The van der Waals surface area contributed by atoms with Gasteiger partial charge in [-0.1, -0.05) is 12.1 Å². The molecule has 1 aliphatic heterocycles. The first kappa shape index (κ1) is 20.3. The first-order chi connectivity index (χ1) is 15.0. The summed E-state index contributed by atoms with van der Waals surface area (Å²) in [6.45, 7) is 0.231. The highest BCUT2D eigenvalue weighted by Crippen LogP contribution is 2.40. The fourth-order valence-corrected chi connectivity index (χ4v) is 3.69. The van der Waals surface area contributed by atoms with Gasteiger partial charge in [0.15, 0.2) is 0 Å². The molecule has 8 heteroatoms. The van der Waals surface area contributed by atoms with Gasteiger partial charge < -0.3 is 19.7 Å². The number of likely N-dealkylation sites (tertiary alicyclic amines) is 1. The van der Waals surface area contributed by atoms with Crippen LogP contribution in [0.4, 0.5) is 4.39 Å². The Morgan fingerprint density at radius 3 is 2.68 bits per heavy atom. The second-order valence-electron chi connectivity index (χ2n) is 7.10. The molecule has 3 aromatic rings. The number of benzene rings is 2. The van der Waals surface area contributed by atoms with Gasteiger partial charge in [-0.15, -0.1) is 0 Å². The highest BCUT2D eigenvalue weighted by molar-refractivity contribution is 6.46. The number of Topliss-reactive ketones (excluding diaryl/α,β-unsaturated/α-hetero) is 1. The number of halogens is 1. The number of hydrogen-bond acceptors (Lipinski definition) is 5. The van der Waals surface area contributed by atoms with Gasteiger partial charge in [0.1, 0.15) is 17.3 Å². The number of rotatable bonds is 6. The van der Waals surface area contributed by atoms with Crippen molar-refractivity contribution in [3.05, 3.63) is 89.3 Å². The van der Waals surface area contributed by atoms with E-state index >= 15 is 0 Å². The number of carbonyl (C=O) groups excluding carboxylic acids is 2. The van der Waals surface area contributed by atoms with Gasteiger partial charge in [0.2, 0.25) is 0 Å². The smallest absolute Gasteiger partial charge is 0.295 e. The van der Waals surface area contributed by atoms with E-state index in [9.17, 15) is 19.1 Å². The van der Waals surface area contributed by atoms with Crippen LogP contribution in [0.3, 0.4) is 0 Å². The predicted molar refractivity (Wildman–Crippen MR) is 111 cm³/mol. The lowest BCUT2D eigenvalue weighted by atomic mass is 9.95. The van der Waals surface area contributed by atoms with E-state index in [4.69, 9.17) is 4.74 Å². The highest BCUT2D eigenvalue weighted by atomic mass is 19.1. The summed E-state index contributed by atoms with van der Waals surface area (Å²) >= 11 is 0. The third-order valence-electron chi connectivity index (χ3n) is 5.24. The number of aliphatic hydroxyl groups excluding tert-OH is 1. The summed E-state index contributed by atoms with van der Waals surface area (Å²) < 4.78 is 18.6. The Bertz CT molecular complexity index is 1140. The third-order valence-corrected chi connectivity index (χ3v) is 5.24. The Morgan fingerprint density at radius 2 is 2.00 bits per heavy atom. The molecule has 0 saturated carbocycles. The molecule has 0 radical (unpaired) electrons. The first-order valence-corrected chi connectivity index (χ1v) is 9.65. The zero-order chi connectivity index (χ0) is 22.0. The quantitative estimate of drug-likeness (QED) is 0.362. The maximum atomic E-state index is 13.3. The number of amides is 1. The zero-order valence-electron chi connectivity index (χ0n) is 16.7. The summed E-state index contributed by atoms with van der Waals surface area (Å²) in [7, 11) is 1.52. The van der Waals surface area contributed by atoms with Crippen LogP contribution in [0.5, 0.6) is 5.75 Å². The summed E-state index contributed by atoms with van der Waals surface area (Å²) in [6, 6.07) is 11.3. The number of nitrogens with zero attached hydrogens (tertiary/aromatic N) is 2. The minimum Gasteiger partial charge on any atom is -0.507 e. The molecule has 1 atom stereocenters. The lowest BCUT2D eigenvalue weighted by Gasteiger charge is -2.25. The highest BCUT2D eigenvalue weighted by Gasteiger charge is 2.46. The fraction of sp³-hybridized carbons (Fsp3) is 0.174. The Morgan fingerprint density at radius 1 is 1.23 bits per heavy atom. The number of ketones is 1. The van der Waals surface area contributed by atoms with E-state index in [-0.39, 0.29) is 23.4 Å². The van der Waals surface area contributed by atoms with Gasteiger partial charge >= 0.3 is 0 Å². The fourth-order valence-electron chi connectivity index (χ4n) is 3.69. The van der Waals surface area contributed by atoms with Crippen LogP contribution >= 0.6 is 0 Å². The summed E-state index contributed by atoms with van der Waals surface area (Å²) in [6.07, 6.45) is 3.64. The number of hydrogen-bond donors (Lipinski definition) is 2. The van der Waals surface area contributed by atoms with Crippen molar-refractivity contribution in [3.63, 3.8) is 0 Å². The van der Waals surface area contributed by atoms with Crippen molar-refractivity contribution in [2.24, 2.45) is 0 Å². The molecular formula is C23H20FN3O4. The van der Waals surface area contributed by atoms with Crippen molar-refractivity contribution >= 4 is 17.4 Å². The Hall–Kier alpha value is -3.94. The van der Waals surface area contributed by atoms with Crippen LogP contribution in [0, 0.1) is 5.82 Å². The van der Waals surface area contributed by atoms with Crippen molar-refractivity contribution in [3.8, 4) is 5.75 Å². The van der Waals surface area contributed by atoms with Crippen molar-refractivity contribution in [1.29, 1.82) is 0 Å². The summed E-state index contributed by atoms with van der Waals surface area (Å²) in [5, 5.41) is 10.9. The number of H-pyrrole nitrogens is 1. The van der Waals surface area contributed by atoms with Crippen molar-refractivity contribution < 1.29 is 23.8 Å². The summed E-state index contributed by atoms with van der Waals surface area (Å²) in [5.41, 5.74) is 1.63. The normalized spacial score (nSPS) is 17.9. The number of methoxy groups -OCH3 is 1. The van der Waals surface area contributed by atoms with Crippen LogP contribution in [0.25, 0.3) is 5.76 Å². The van der Waals surface area contributed by atoms with Crippen molar-refractivity contribution in [2.75, 3.05) is 13.7 Å². The predicted octanol–water partition coefficient (Wildman–Crippen LogP) is 3.22. The number of imidazole rings is 1. The lowest BCUT2D eigenvalue weighted by molar-refractivity contribution is -0.139. The maximum absolute atomic E-state index is 13.3. The molecule has 2 N–H and O–H groups in total. The molecule has 2 heterocycles. The Kier molecular flexibility index (Phi) is 5.53. The van der Waals surface area contributed by atoms with Gasteiger partial charge in [0, 0.05) is 30.4 Å². The number of nitrogens with one attached hydrogen (secondary N) is 1. The minimum atomic E-state index is -0.817. The van der Waals surface area contributed by atoms with E-state index in [0.717, 1.165) is 5.69 Å². The van der Waals surface area contributed by atoms with Gasteiger partial charge in [-0.3, -0.25) is 9.59 Å². The molecule has 7 nitrogen and oxygen atoms in total. The van der Waals surface area contributed by atoms with Crippen molar-refractivity contribution in [2.45, 2.75) is 12.5 Å². The molecule has 158 valence electrons. The molecule has 0 spiro atoms. The molecule has 1 fully saturated rings. The van der Waals surface area contributed by atoms with E-state index in [1.54, 1.807) is 30.5 Å². The average molecular weight is 421 g/mol. The lowest BCUT2D eigenvalue weighted by Crippen LogP contribution is -2.31. The Labute approximate surface area is 177 Å². The van der Waals surface area contributed by atoms with Gasteiger partial charge in [-0.2, -0.15) is 0 Å². The average Bonchev–Trinajstić information content (AvgIpc) is 3.39. The molecule has 1 saturated heterocycles. The van der Waals surface area contributed by atoms with E-state index in [1.807, 2.05) is 0 Å². The summed E-state index contributed by atoms with van der Waals surface area (Å²) in [4.78, 5) is 34.2. The number of aromatic nitrogens is 2. The van der Waals surface area contributed by atoms with Crippen LogP contribution in [0.1, 0.15) is 22.9 Å². The second kappa shape index (κ2) is 8.43. The topological polar surface area (TPSA) is 95.5 Å².